The molecule has 0 saturated carbocycles. The standard InChI is InChI=1S/C8H15N/c1-4-5-6-7(2)8(3)9/h5-6H,4,9H2,1-3H3/b6-5+,8-7+. The van der Waals surface area contributed by atoms with Gasteiger partial charge in [0.15, 0.2) is 0 Å². The molecule has 0 aromatic carbocycles. The predicted molar refractivity (Wildman–Crippen MR) is 42.0 cm³/mol. The molecular weight excluding hydrogens is 110 g/mol. The molecular formula is C8H15N. The highest BCUT2D eigenvalue weighted by molar-refractivity contribution is 5.19. The van der Waals surface area contributed by atoms with E-state index in [1.165, 1.54) is 0 Å². The Morgan fingerprint density at radius 1 is 1.44 bits per heavy atom. The fraction of sp³-hybridized carbons (Fsp3) is 0.500. The topological polar surface area (TPSA) is 26.0 Å². The zero-order valence-electron chi connectivity index (χ0n) is 6.44. The summed E-state index contributed by atoms with van der Waals surface area (Å²) in [6.45, 7) is 6.03. The van der Waals surface area contributed by atoms with Crippen molar-refractivity contribution in [1.29, 1.82) is 0 Å². The van der Waals surface area contributed by atoms with Crippen molar-refractivity contribution in [3.63, 3.8) is 0 Å². The molecule has 0 bridgehead atoms. The summed E-state index contributed by atoms with van der Waals surface area (Å²) in [5.41, 5.74) is 7.57. The lowest BCUT2D eigenvalue weighted by molar-refractivity contribution is 1.19. The molecule has 1 nitrogen and oxygen atoms in total. The molecule has 0 heterocycles. The van der Waals surface area contributed by atoms with Crippen molar-refractivity contribution in [3.8, 4) is 0 Å². The van der Waals surface area contributed by atoms with E-state index in [1.54, 1.807) is 0 Å². The van der Waals surface area contributed by atoms with E-state index in [0.717, 1.165) is 17.7 Å². The normalized spacial score (nSPS) is 14.1. The monoisotopic (exact) mass is 125 g/mol. The van der Waals surface area contributed by atoms with Gasteiger partial charge in [0, 0.05) is 5.70 Å². The third-order valence-corrected chi connectivity index (χ3v) is 1.23. The fourth-order valence-electron chi connectivity index (χ4n) is 0.426. The molecule has 0 aromatic rings. The molecule has 0 rings (SSSR count). The van der Waals surface area contributed by atoms with E-state index in [2.05, 4.69) is 19.1 Å². The van der Waals surface area contributed by atoms with Crippen LogP contribution < -0.4 is 5.73 Å². The second-order valence-electron chi connectivity index (χ2n) is 2.18. The van der Waals surface area contributed by atoms with E-state index >= 15 is 0 Å². The molecule has 0 radical (unpaired) electrons. The number of hydrogen-bond acceptors (Lipinski definition) is 1. The average Bonchev–Trinajstić information content (AvgIpc) is 1.82. The molecule has 0 fully saturated rings. The van der Waals surface area contributed by atoms with Crippen LogP contribution >= 0.6 is 0 Å². The van der Waals surface area contributed by atoms with Gasteiger partial charge >= 0.3 is 0 Å². The first kappa shape index (κ1) is 8.28. The minimum atomic E-state index is 0.903. The molecule has 2 N–H and O–H groups in total. The van der Waals surface area contributed by atoms with Crippen molar-refractivity contribution in [2.24, 2.45) is 5.73 Å². The second-order valence-corrected chi connectivity index (χ2v) is 2.18. The van der Waals surface area contributed by atoms with Gasteiger partial charge in [-0.2, -0.15) is 0 Å². The Labute approximate surface area is 57.3 Å². The lowest BCUT2D eigenvalue weighted by Crippen LogP contribution is -1.92. The summed E-state index contributed by atoms with van der Waals surface area (Å²) in [4.78, 5) is 0. The Morgan fingerprint density at radius 3 is 2.33 bits per heavy atom. The highest BCUT2D eigenvalue weighted by Crippen LogP contribution is 1.98. The van der Waals surface area contributed by atoms with Gasteiger partial charge in [0.05, 0.1) is 0 Å². The zero-order valence-corrected chi connectivity index (χ0v) is 6.44. The fourth-order valence-corrected chi connectivity index (χ4v) is 0.426. The Balaban J connectivity index is 3.91. The lowest BCUT2D eigenvalue weighted by Gasteiger charge is -1.93. The zero-order chi connectivity index (χ0) is 7.28. The van der Waals surface area contributed by atoms with Crippen molar-refractivity contribution in [1.82, 2.24) is 0 Å². The lowest BCUT2D eigenvalue weighted by atomic mass is 10.2. The van der Waals surface area contributed by atoms with Crippen molar-refractivity contribution in [3.05, 3.63) is 23.4 Å². The van der Waals surface area contributed by atoms with Crippen LogP contribution in [0.3, 0.4) is 0 Å². The highest BCUT2D eigenvalue weighted by atomic mass is 14.5. The van der Waals surface area contributed by atoms with Crippen molar-refractivity contribution < 1.29 is 0 Å². The van der Waals surface area contributed by atoms with Gasteiger partial charge in [0.25, 0.3) is 0 Å². The summed E-state index contributed by atoms with van der Waals surface area (Å²) in [6.07, 6.45) is 5.23. The van der Waals surface area contributed by atoms with E-state index in [4.69, 9.17) is 5.73 Å². The molecule has 0 spiro atoms. The van der Waals surface area contributed by atoms with Crippen LogP contribution in [0, 0.1) is 0 Å². The summed E-state index contributed by atoms with van der Waals surface area (Å²) >= 11 is 0. The maximum absolute atomic E-state index is 5.51. The van der Waals surface area contributed by atoms with Crippen LogP contribution in [0.4, 0.5) is 0 Å². The van der Waals surface area contributed by atoms with Crippen LogP contribution in [0.15, 0.2) is 23.4 Å². The molecule has 0 aliphatic rings. The average molecular weight is 125 g/mol. The number of hydrogen-bond donors (Lipinski definition) is 1. The van der Waals surface area contributed by atoms with Gasteiger partial charge in [-0.1, -0.05) is 19.1 Å². The van der Waals surface area contributed by atoms with Crippen LogP contribution in [0.1, 0.15) is 27.2 Å². The molecule has 0 aromatic heterocycles. The van der Waals surface area contributed by atoms with Gasteiger partial charge in [-0.05, 0) is 25.8 Å². The molecule has 0 aliphatic carbocycles. The van der Waals surface area contributed by atoms with E-state index in [9.17, 15) is 0 Å². The third-order valence-electron chi connectivity index (χ3n) is 1.23. The maximum Gasteiger partial charge on any atom is 0.00784 e. The summed E-state index contributed by atoms with van der Waals surface area (Å²) in [6, 6.07) is 0. The molecule has 0 atom stereocenters. The Bertz CT molecular complexity index is 128. The van der Waals surface area contributed by atoms with E-state index < -0.39 is 0 Å². The quantitative estimate of drug-likeness (QED) is 0.562. The van der Waals surface area contributed by atoms with Gasteiger partial charge in [-0.15, -0.1) is 0 Å². The summed E-state index contributed by atoms with van der Waals surface area (Å²) in [7, 11) is 0. The Hall–Kier alpha value is -0.720. The van der Waals surface area contributed by atoms with Crippen LogP contribution in [0.2, 0.25) is 0 Å². The van der Waals surface area contributed by atoms with Gasteiger partial charge < -0.3 is 5.73 Å². The third kappa shape index (κ3) is 3.83. The largest absolute Gasteiger partial charge is 0.402 e. The number of nitrogens with two attached hydrogens (primary N) is 1. The van der Waals surface area contributed by atoms with Gasteiger partial charge in [0.1, 0.15) is 0 Å². The molecule has 0 saturated heterocycles. The highest BCUT2D eigenvalue weighted by Gasteiger charge is 1.82. The molecule has 0 amide bonds. The molecule has 0 aliphatic heterocycles. The van der Waals surface area contributed by atoms with Crippen molar-refractivity contribution in [2.75, 3.05) is 0 Å². The van der Waals surface area contributed by atoms with Crippen molar-refractivity contribution >= 4 is 0 Å². The van der Waals surface area contributed by atoms with E-state index in [0.29, 0.717) is 0 Å². The molecule has 9 heavy (non-hydrogen) atoms. The first-order chi connectivity index (χ1) is 4.18. The van der Waals surface area contributed by atoms with E-state index in [1.807, 2.05) is 13.8 Å². The van der Waals surface area contributed by atoms with Crippen LogP contribution in [-0.2, 0) is 0 Å². The minimum absolute atomic E-state index is 0.903. The summed E-state index contributed by atoms with van der Waals surface area (Å²) in [5, 5.41) is 0. The maximum atomic E-state index is 5.51. The molecule has 0 unspecified atom stereocenters. The van der Waals surface area contributed by atoms with Gasteiger partial charge in [0.2, 0.25) is 0 Å². The Morgan fingerprint density at radius 2 is 2.00 bits per heavy atom. The number of allylic oxidation sites excluding steroid dienone is 4. The van der Waals surface area contributed by atoms with Crippen LogP contribution in [0.25, 0.3) is 0 Å². The van der Waals surface area contributed by atoms with Crippen LogP contribution in [-0.4, -0.2) is 0 Å². The second kappa shape index (κ2) is 4.19. The summed E-state index contributed by atoms with van der Waals surface area (Å²) in [5.74, 6) is 0. The Kier molecular flexibility index (Phi) is 3.85. The van der Waals surface area contributed by atoms with E-state index in [-0.39, 0.29) is 0 Å². The smallest absolute Gasteiger partial charge is 0.00784 e. The minimum Gasteiger partial charge on any atom is -0.402 e. The number of rotatable bonds is 2. The first-order valence-corrected chi connectivity index (χ1v) is 3.28. The summed E-state index contributed by atoms with van der Waals surface area (Å²) < 4.78 is 0. The first-order valence-electron chi connectivity index (χ1n) is 3.28. The predicted octanol–water partition coefficient (Wildman–Crippen LogP) is 2.21. The van der Waals surface area contributed by atoms with Gasteiger partial charge in [-0.3, -0.25) is 0 Å². The van der Waals surface area contributed by atoms with Gasteiger partial charge in [-0.25, -0.2) is 0 Å². The molecule has 52 valence electrons. The van der Waals surface area contributed by atoms with Crippen LogP contribution in [0.5, 0.6) is 0 Å². The van der Waals surface area contributed by atoms with Crippen molar-refractivity contribution in [2.45, 2.75) is 27.2 Å². The SMILES string of the molecule is CC/C=C/C(C)=C(\C)N. The molecule has 1 heteroatoms.